The predicted molar refractivity (Wildman–Crippen MR) is 83.6 cm³/mol. The molecule has 0 unspecified atom stereocenters. The Morgan fingerprint density at radius 3 is 2.38 bits per heavy atom. The van der Waals surface area contributed by atoms with Crippen molar-refractivity contribution in [1.29, 1.82) is 0 Å². The van der Waals surface area contributed by atoms with Crippen molar-refractivity contribution in [1.82, 2.24) is 0 Å². The van der Waals surface area contributed by atoms with Gasteiger partial charge < -0.3 is 5.32 Å². The van der Waals surface area contributed by atoms with Crippen molar-refractivity contribution in [2.75, 3.05) is 5.32 Å². The Labute approximate surface area is 137 Å². The van der Waals surface area contributed by atoms with Crippen LogP contribution in [0, 0.1) is 3.57 Å². The molecule has 110 valence electrons. The number of para-hydroxylation sites is 1. The third-order valence-corrected chi connectivity index (χ3v) is 3.93. The summed E-state index contributed by atoms with van der Waals surface area (Å²) in [7, 11) is 0. The first kappa shape index (κ1) is 16.1. The Balaban J connectivity index is 2.41. The fourth-order valence-corrected chi connectivity index (χ4v) is 2.57. The van der Waals surface area contributed by atoms with Crippen molar-refractivity contribution < 1.29 is 18.0 Å². The first-order chi connectivity index (χ1) is 9.80. The van der Waals surface area contributed by atoms with Crippen LogP contribution in [-0.4, -0.2) is 5.91 Å². The number of halogens is 5. The Hall–Kier alpha value is -1.28. The topological polar surface area (TPSA) is 29.1 Å². The van der Waals surface area contributed by atoms with E-state index in [1.54, 1.807) is 18.2 Å². The zero-order valence-corrected chi connectivity index (χ0v) is 13.3. The minimum atomic E-state index is -4.60. The number of hydrogen-bond donors (Lipinski definition) is 1. The monoisotopic (exact) mass is 425 g/mol. The molecule has 0 saturated heterocycles. The van der Waals surface area contributed by atoms with Crippen LogP contribution in [-0.2, 0) is 6.18 Å². The van der Waals surface area contributed by atoms with Gasteiger partial charge in [-0.05, 0) is 46.9 Å². The molecule has 7 heteroatoms. The highest BCUT2D eigenvalue weighted by Crippen LogP contribution is 2.38. The summed E-state index contributed by atoms with van der Waals surface area (Å²) in [5.41, 5.74) is -1.13. The molecule has 2 aromatic carbocycles. The molecule has 0 atom stereocenters. The first-order valence-corrected chi connectivity index (χ1v) is 7.18. The maximum absolute atomic E-state index is 12.9. The van der Waals surface area contributed by atoms with E-state index in [1.807, 2.05) is 22.6 Å². The van der Waals surface area contributed by atoms with Gasteiger partial charge in [-0.25, -0.2) is 0 Å². The smallest absolute Gasteiger partial charge is 0.320 e. The molecule has 1 amide bonds. The highest BCUT2D eigenvalue weighted by Gasteiger charge is 2.34. The summed E-state index contributed by atoms with van der Waals surface area (Å²) < 4.78 is 39.5. The van der Waals surface area contributed by atoms with E-state index in [9.17, 15) is 18.0 Å². The molecular formula is C14H8ClF3INO. The average Bonchev–Trinajstić information content (AvgIpc) is 2.40. The van der Waals surface area contributed by atoms with E-state index < -0.39 is 23.3 Å². The van der Waals surface area contributed by atoms with Crippen molar-refractivity contribution in [3.63, 3.8) is 0 Å². The van der Waals surface area contributed by atoms with Crippen LogP contribution >= 0.6 is 34.2 Å². The van der Waals surface area contributed by atoms with Crippen molar-refractivity contribution in [2.45, 2.75) is 6.18 Å². The molecule has 2 rings (SSSR count). The highest BCUT2D eigenvalue weighted by molar-refractivity contribution is 14.1. The molecule has 21 heavy (non-hydrogen) atoms. The molecule has 0 radical (unpaired) electrons. The van der Waals surface area contributed by atoms with Gasteiger partial charge in [0.25, 0.3) is 5.91 Å². The quantitative estimate of drug-likeness (QED) is 0.657. The lowest BCUT2D eigenvalue weighted by Gasteiger charge is -2.15. The summed E-state index contributed by atoms with van der Waals surface area (Å²) in [4.78, 5) is 12.1. The van der Waals surface area contributed by atoms with Gasteiger partial charge in [0, 0.05) is 3.57 Å². The first-order valence-electron chi connectivity index (χ1n) is 5.72. The molecule has 0 aliphatic rings. The van der Waals surface area contributed by atoms with E-state index >= 15 is 0 Å². The predicted octanol–water partition coefficient (Wildman–Crippen LogP) is 5.22. The molecule has 0 saturated carbocycles. The largest absolute Gasteiger partial charge is 0.418 e. The second-order valence-electron chi connectivity index (χ2n) is 4.09. The Kier molecular flexibility index (Phi) is 4.77. The van der Waals surface area contributed by atoms with Gasteiger partial charge in [0.15, 0.2) is 0 Å². The summed E-state index contributed by atoms with van der Waals surface area (Å²) in [6.07, 6.45) is -4.60. The van der Waals surface area contributed by atoms with Crippen LogP contribution in [0.5, 0.6) is 0 Å². The fraction of sp³-hybridized carbons (Fsp3) is 0.0714. The Morgan fingerprint density at radius 2 is 1.76 bits per heavy atom. The zero-order valence-electron chi connectivity index (χ0n) is 10.3. The minimum Gasteiger partial charge on any atom is -0.320 e. The van der Waals surface area contributed by atoms with Crippen LogP contribution in [0.1, 0.15) is 15.9 Å². The standard InChI is InChI=1S/C14H8ClF3INO/c15-10-6-3-5-9(14(16,17)18)12(10)20-13(21)8-4-1-2-7-11(8)19/h1-7H,(H,20,21). The van der Waals surface area contributed by atoms with Crippen LogP contribution < -0.4 is 5.32 Å². The van der Waals surface area contributed by atoms with Gasteiger partial charge >= 0.3 is 6.18 Å². The molecule has 0 heterocycles. The van der Waals surface area contributed by atoms with Gasteiger partial charge in [0.2, 0.25) is 0 Å². The van der Waals surface area contributed by atoms with Crippen LogP contribution in [0.15, 0.2) is 42.5 Å². The normalized spacial score (nSPS) is 11.3. The lowest BCUT2D eigenvalue weighted by Crippen LogP contribution is -2.18. The van der Waals surface area contributed by atoms with E-state index in [4.69, 9.17) is 11.6 Å². The summed E-state index contributed by atoms with van der Waals surface area (Å²) in [5.74, 6) is -0.640. The number of carbonyl (C=O) groups excluding carboxylic acids is 1. The highest BCUT2D eigenvalue weighted by atomic mass is 127. The van der Waals surface area contributed by atoms with Crippen LogP contribution in [0.4, 0.5) is 18.9 Å². The number of rotatable bonds is 2. The third-order valence-electron chi connectivity index (χ3n) is 2.68. The number of anilines is 1. The summed E-state index contributed by atoms with van der Waals surface area (Å²) in [5, 5.41) is 2.08. The van der Waals surface area contributed by atoms with Crippen LogP contribution in [0.3, 0.4) is 0 Å². The van der Waals surface area contributed by atoms with Gasteiger partial charge in [-0.15, -0.1) is 0 Å². The van der Waals surface area contributed by atoms with Gasteiger partial charge in [0.05, 0.1) is 21.8 Å². The zero-order chi connectivity index (χ0) is 15.6. The number of nitrogens with one attached hydrogen (secondary N) is 1. The maximum Gasteiger partial charge on any atom is 0.418 e. The number of carbonyl (C=O) groups is 1. The summed E-state index contributed by atoms with van der Waals surface area (Å²) in [6, 6.07) is 9.93. The van der Waals surface area contributed by atoms with Crippen molar-refractivity contribution in [2.24, 2.45) is 0 Å². The molecule has 2 nitrogen and oxygen atoms in total. The molecule has 0 aromatic heterocycles. The lowest BCUT2D eigenvalue weighted by atomic mass is 10.1. The van der Waals surface area contributed by atoms with E-state index in [2.05, 4.69) is 5.32 Å². The number of amides is 1. The lowest BCUT2D eigenvalue weighted by molar-refractivity contribution is -0.136. The van der Waals surface area contributed by atoms with Gasteiger partial charge in [-0.3, -0.25) is 4.79 Å². The summed E-state index contributed by atoms with van der Waals surface area (Å²) >= 11 is 7.73. The number of benzene rings is 2. The van der Waals surface area contributed by atoms with Crippen molar-refractivity contribution in [3.05, 3.63) is 62.2 Å². The SMILES string of the molecule is O=C(Nc1c(Cl)cccc1C(F)(F)F)c1ccccc1I. The van der Waals surface area contributed by atoms with Gasteiger partial charge in [0.1, 0.15) is 0 Å². The number of hydrogen-bond acceptors (Lipinski definition) is 1. The maximum atomic E-state index is 12.9. The molecule has 0 aliphatic heterocycles. The van der Waals surface area contributed by atoms with Crippen LogP contribution in [0.25, 0.3) is 0 Å². The van der Waals surface area contributed by atoms with Crippen LogP contribution in [0.2, 0.25) is 5.02 Å². The third kappa shape index (κ3) is 3.68. The van der Waals surface area contributed by atoms with Gasteiger partial charge in [-0.2, -0.15) is 13.2 Å². The molecule has 0 fully saturated rings. The Morgan fingerprint density at radius 1 is 1.10 bits per heavy atom. The van der Waals surface area contributed by atoms with Crippen molar-refractivity contribution in [3.8, 4) is 0 Å². The van der Waals surface area contributed by atoms with Crippen molar-refractivity contribution >= 4 is 45.8 Å². The summed E-state index contributed by atoms with van der Waals surface area (Å²) in [6.45, 7) is 0. The van der Waals surface area contributed by atoms with E-state index in [0.29, 0.717) is 3.57 Å². The molecule has 0 spiro atoms. The van der Waals surface area contributed by atoms with E-state index in [0.717, 1.165) is 6.07 Å². The fourth-order valence-electron chi connectivity index (χ4n) is 1.71. The molecule has 0 bridgehead atoms. The van der Waals surface area contributed by atoms with E-state index in [1.165, 1.54) is 18.2 Å². The van der Waals surface area contributed by atoms with Gasteiger partial charge in [-0.1, -0.05) is 29.8 Å². The number of alkyl halides is 3. The molecule has 1 N–H and O–H groups in total. The molecule has 0 aliphatic carbocycles. The second-order valence-corrected chi connectivity index (χ2v) is 5.66. The molecule has 2 aromatic rings. The van der Waals surface area contributed by atoms with E-state index in [-0.39, 0.29) is 10.6 Å². The average molecular weight is 426 g/mol. The Bertz CT molecular complexity index is 688. The second kappa shape index (κ2) is 6.23. The molecular weight excluding hydrogens is 418 g/mol. The minimum absolute atomic E-state index is 0.163.